The molecule has 2 atom stereocenters. The van der Waals surface area contributed by atoms with Gasteiger partial charge in [0.25, 0.3) is 0 Å². The van der Waals surface area contributed by atoms with Gasteiger partial charge in [-0.25, -0.2) is 0 Å². The number of hydrogen-bond donors (Lipinski definition) is 3. The zero-order valence-corrected chi connectivity index (χ0v) is 11.9. The molecule has 0 saturated carbocycles. The van der Waals surface area contributed by atoms with E-state index in [-0.39, 0.29) is 19.3 Å². The van der Waals surface area contributed by atoms with Gasteiger partial charge in [-0.3, -0.25) is 0 Å². The molecule has 0 aliphatic carbocycles. The zero-order valence-electron chi connectivity index (χ0n) is 11.9. The van der Waals surface area contributed by atoms with Crippen LogP contribution in [0.15, 0.2) is 24.3 Å². The number of methoxy groups -OCH3 is 2. The van der Waals surface area contributed by atoms with Crippen LogP contribution in [-0.2, 0) is 4.74 Å². The van der Waals surface area contributed by atoms with Crippen LogP contribution in [0.1, 0.15) is 0 Å². The van der Waals surface area contributed by atoms with Gasteiger partial charge < -0.3 is 29.7 Å². The number of nitrogens with one attached hydrogen (secondary N) is 1. The smallest absolute Gasteiger partial charge is 0.123 e. The molecular formula is C14H23NO5. The Balaban J connectivity index is 2.29. The van der Waals surface area contributed by atoms with E-state index in [1.54, 1.807) is 26.4 Å². The Morgan fingerprint density at radius 2 is 1.95 bits per heavy atom. The Morgan fingerprint density at radius 3 is 2.60 bits per heavy atom. The molecule has 1 aromatic carbocycles. The van der Waals surface area contributed by atoms with Gasteiger partial charge in [0.2, 0.25) is 0 Å². The Hall–Kier alpha value is -1.34. The first-order chi connectivity index (χ1) is 9.69. The number of aliphatic hydroxyl groups excluding tert-OH is 2. The maximum absolute atomic E-state index is 9.81. The van der Waals surface area contributed by atoms with Crippen LogP contribution in [0.5, 0.6) is 11.5 Å². The van der Waals surface area contributed by atoms with E-state index in [1.807, 2.05) is 12.1 Å². The summed E-state index contributed by atoms with van der Waals surface area (Å²) < 4.78 is 15.5. The molecule has 2 unspecified atom stereocenters. The van der Waals surface area contributed by atoms with Crippen molar-refractivity contribution < 1.29 is 24.4 Å². The van der Waals surface area contributed by atoms with Gasteiger partial charge in [-0.2, -0.15) is 0 Å². The van der Waals surface area contributed by atoms with Gasteiger partial charge in [-0.15, -0.1) is 0 Å². The number of benzene rings is 1. The number of ether oxygens (including phenoxy) is 3. The molecule has 0 aromatic heterocycles. The van der Waals surface area contributed by atoms with Gasteiger partial charge in [0.15, 0.2) is 0 Å². The topological polar surface area (TPSA) is 80.2 Å². The molecule has 0 aliphatic heterocycles. The second-order valence-corrected chi connectivity index (χ2v) is 4.39. The molecule has 6 nitrogen and oxygen atoms in total. The minimum atomic E-state index is -0.674. The van der Waals surface area contributed by atoms with Crippen LogP contribution in [0.25, 0.3) is 0 Å². The van der Waals surface area contributed by atoms with Crippen molar-refractivity contribution in [2.45, 2.75) is 12.1 Å². The Morgan fingerprint density at radius 1 is 1.20 bits per heavy atom. The molecule has 20 heavy (non-hydrogen) atoms. The molecule has 0 bridgehead atoms. The summed E-state index contributed by atoms with van der Waals surface area (Å²) in [5.41, 5.74) is 0. The summed E-state index contributed by atoms with van der Waals surface area (Å²) in [5, 5.41) is 21.9. The maximum Gasteiger partial charge on any atom is 0.123 e. The van der Waals surface area contributed by atoms with Crippen molar-refractivity contribution in [1.29, 1.82) is 0 Å². The fourth-order valence-corrected chi connectivity index (χ4v) is 1.62. The normalized spacial score (nSPS) is 13.8. The third-order valence-electron chi connectivity index (χ3n) is 2.71. The average molecular weight is 285 g/mol. The van der Waals surface area contributed by atoms with Crippen molar-refractivity contribution in [1.82, 2.24) is 5.32 Å². The summed E-state index contributed by atoms with van der Waals surface area (Å²) in [7, 11) is 3.15. The lowest BCUT2D eigenvalue weighted by Gasteiger charge is -2.18. The molecule has 0 saturated heterocycles. The van der Waals surface area contributed by atoms with Crippen molar-refractivity contribution in [2.24, 2.45) is 0 Å². The predicted octanol–water partition coefficient (Wildman–Crippen LogP) is 0.0318. The lowest BCUT2D eigenvalue weighted by Crippen LogP contribution is -2.42. The summed E-state index contributed by atoms with van der Waals surface area (Å²) in [4.78, 5) is 0. The number of rotatable bonds is 10. The van der Waals surface area contributed by atoms with E-state index in [2.05, 4.69) is 5.32 Å². The van der Waals surface area contributed by atoms with Crippen molar-refractivity contribution in [3.8, 4) is 11.5 Å². The van der Waals surface area contributed by atoms with Crippen molar-refractivity contribution >= 4 is 0 Å². The SMILES string of the molecule is COCC(CO)NCC(O)COc1cccc(OC)c1. The van der Waals surface area contributed by atoms with Gasteiger partial charge in [0.05, 0.1) is 26.4 Å². The Bertz CT molecular complexity index is 374. The minimum absolute atomic E-state index is 0.0443. The highest BCUT2D eigenvalue weighted by Gasteiger charge is 2.10. The molecular weight excluding hydrogens is 262 g/mol. The lowest BCUT2D eigenvalue weighted by atomic mass is 10.3. The van der Waals surface area contributed by atoms with E-state index in [0.29, 0.717) is 24.7 Å². The zero-order chi connectivity index (χ0) is 14.8. The summed E-state index contributed by atoms with van der Waals surface area (Å²) >= 11 is 0. The molecule has 3 N–H and O–H groups in total. The van der Waals surface area contributed by atoms with Crippen LogP contribution >= 0.6 is 0 Å². The maximum atomic E-state index is 9.81. The van der Waals surface area contributed by atoms with Crippen LogP contribution in [0.2, 0.25) is 0 Å². The number of aliphatic hydroxyl groups is 2. The van der Waals surface area contributed by atoms with Gasteiger partial charge in [-0.05, 0) is 12.1 Å². The molecule has 0 radical (unpaired) electrons. The minimum Gasteiger partial charge on any atom is -0.497 e. The van der Waals surface area contributed by atoms with Crippen LogP contribution < -0.4 is 14.8 Å². The van der Waals surface area contributed by atoms with Gasteiger partial charge in [0, 0.05) is 19.7 Å². The molecule has 0 amide bonds. The molecule has 0 spiro atoms. The van der Waals surface area contributed by atoms with Gasteiger partial charge in [-0.1, -0.05) is 6.07 Å². The molecule has 0 fully saturated rings. The van der Waals surface area contributed by atoms with Crippen LogP contribution in [-0.4, -0.2) is 62.9 Å². The van der Waals surface area contributed by atoms with Crippen LogP contribution in [0.3, 0.4) is 0 Å². The summed E-state index contributed by atoms with van der Waals surface area (Å²) in [6.07, 6.45) is -0.674. The van der Waals surface area contributed by atoms with Crippen molar-refractivity contribution in [2.75, 3.05) is 40.6 Å². The Kier molecular flexibility index (Phi) is 7.98. The fraction of sp³-hybridized carbons (Fsp3) is 0.571. The summed E-state index contributed by atoms with van der Waals surface area (Å²) in [6.45, 7) is 0.821. The number of hydrogen-bond acceptors (Lipinski definition) is 6. The van der Waals surface area contributed by atoms with E-state index in [1.165, 1.54) is 0 Å². The third-order valence-corrected chi connectivity index (χ3v) is 2.71. The highest BCUT2D eigenvalue weighted by molar-refractivity contribution is 5.32. The fourth-order valence-electron chi connectivity index (χ4n) is 1.62. The quantitative estimate of drug-likeness (QED) is 0.563. The first-order valence-electron chi connectivity index (χ1n) is 6.47. The van der Waals surface area contributed by atoms with E-state index in [9.17, 15) is 5.11 Å². The third kappa shape index (κ3) is 6.21. The first-order valence-corrected chi connectivity index (χ1v) is 6.47. The molecule has 0 aliphatic rings. The monoisotopic (exact) mass is 285 g/mol. The highest BCUT2D eigenvalue weighted by atomic mass is 16.5. The second-order valence-electron chi connectivity index (χ2n) is 4.39. The predicted molar refractivity (Wildman–Crippen MR) is 75.2 cm³/mol. The molecule has 1 aromatic rings. The van der Waals surface area contributed by atoms with Crippen molar-refractivity contribution in [3.63, 3.8) is 0 Å². The highest BCUT2D eigenvalue weighted by Crippen LogP contribution is 2.18. The summed E-state index contributed by atoms with van der Waals surface area (Å²) in [5.74, 6) is 1.34. The van der Waals surface area contributed by atoms with E-state index < -0.39 is 6.10 Å². The summed E-state index contributed by atoms with van der Waals surface area (Å²) in [6, 6.07) is 7.00. The largest absolute Gasteiger partial charge is 0.497 e. The van der Waals surface area contributed by atoms with Crippen LogP contribution in [0, 0.1) is 0 Å². The van der Waals surface area contributed by atoms with Gasteiger partial charge in [0.1, 0.15) is 24.2 Å². The first kappa shape index (κ1) is 16.7. The molecule has 6 heteroatoms. The van der Waals surface area contributed by atoms with E-state index in [0.717, 1.165) is 0 Å². The van der Waals surface area contributed by atoms with E-state index >= 15 is 0 Å². The van der Waals surface area contributed by atoms with Crippen molar-refractivity contribution in [3.05, 3.63) is 24.3 Å². The standard InChI is InChI=1S/C14H23NO5/c1-18-9-11(8-16)15-7-12(17)10-20-14-5-3-4-13(6-14)19-2/h3-6,11-12,15-17H,7-10H2,1-2H3. The lowest BCUT2D eigenvalue weighted by molar-refractivity contribution is 0.0853. The molecule has 1 rings (SSSR count). The molecule has 0 heterocycles. The Labute approximate surface area is 119 Å². The van der Waals surface area contributed by atoms with Gasteiger partial charge >= 0.3 is 0 Å². The molecule has 114 valence electrons. The van der Waals surface area contributed by atoms with Crippen LogP contribution in [0.4, 0.5) is 0 Å². The second kappa shape index (κ2) is 9.55. The average Bonchev–Trinajstić information content (AvgIpc) is 2.49. The van der Waals surface area contributed by atoms with E-state index in [4.69, 9.17) is 19.3 Å².